The summed E-state index contributed by atoms with van der Waals surface area (Å²) in [5, 5.41) is 9.04. The molecule has 32 heavy (non-hydrogen) atoms. The lowest BCUT2D eigenvalue weighted by atomic mass is 9.97. The molecule has 2 amide bonds. The van der Waals surface area contributed by atoms with Crippen LogP contribution in [0.3, 0.4) is 0 Å². The molecule has 0 aliphatic carbocycles. The molecule has 0 aliphatic heterocycles. The number of carbonyl (C=O) groups excluding carboxylic acids is 1. The summed E-state index contributed by atoms with van der Waals surface area (Å²) in [7, 11) is 1.48. The largest absolute Gasteiger partial charge is 0.341 e. The molecule has 2 heterocycles. The molecular formula is C24H27FN6O. The molecule has 166 valence electrons. The minimum Gasteiger partial charge on any atom is -0.341 e. The third kappa shape index (κ3) is 5.56. The van der Waals surface area contributed by atoms with Crippen molar-refractivity contribution < 1.29 is 9.18 Å². The summed E-state index contributed by atoms with van der Waals surface area (Å²) in [5.74, 6) is 2.81. The molecule has 0 saturated heterocycles. The molecule has 1 aromatic carbocycles. The molecule has 0 spiro atoms. The topological polar surface area (TPSA) is 91.8 Å². The van der Waals surface area contributed by atoms with Gasteiger partial charge in [-0.15, -0.1) is 12.3 Å². The third-order valence-electron chi connectivity index (χ3n) is 5.10. The van der Waals surface area contributed by atoms with Gasteiger partial charge in [-0.3, -0.25) is 0 Å². The van der Waals surface area contributed by atoms with Crippen LogP contribution in [0.2, 0.25) is 0 Å². The molecule has 0 atom stereocenters. The summed E-state index contributed by atoms with van der Waals surface area (Å²) in [6.07, 6.45) is 9.80. The normalized spacial score (nSPS) is 10.7. The van der Waals surface area contributed by atoms with E-state index in [0.29, 0.717) is 18.0 Å². The van der Waals surface area contributed by atoms with Crippen LogP contribution in [-0.2, 0) is 6.54 Å². The van der Waals surface area contributed by atoms with Crippen molar-refractivity contribution in [2.24, 2.45) is 0 Å². The van der Waals surface area contributed by atoms with Crippen molar-refractivity contribution in [1.29, 1.82) is 0 Å². The number of anilines is 1. The fraction of sp³-hybridized carbons (Fsp3) is 0.333. The number of halogens is 1. The van der Waals surface area contributed by atoms with Gasteiger partial charge in [0.25, 0.3) is 0 Å². The number of aromatic nitrogens is 3. The second kappa shape index (κ2) is 10.6. The first-order chi connectivity index (χ1) is 15.4. The Morgan fingerprint density at radius 2 is 1.97 bits per heavy atom. The molecular weight excluding hydrogens is 407 g/mol. The number of nitrogens with zero attached hydrogens (tertiary/aromatic N) is 3. The van der Waals surface area contributed by atoms with E-state index in [9.17, 15) is 9.18 Å². The van der Waals surface area contributed by atoms with Crippen molar-refractivity contribution in [3.8, 4) is 23.5 Å². The molecule has 0 saturated carbocycles. The quantitative estimate of drug-likeness (QED) is 0.367. The highest BCUT2D eigenvalue weighted by Crippen LogP contribution is 2.32. The van der Waals surface area contributed by atoms with E-state index in [2.05, 4.69) is 36.8 Å². The summed E-state index contributed by atoms with van der Waals surface area (Å²) in [6.45, 7) is 5.11. The highest BCUT2D eigenvalue weighted by Gasteiger charge is 2.15. The van der Waals surface area contributed by atoms with Crippen molar-refractivity contribution in [2.45, 2.75) is 39.7 Å². The van der Waals surface area contributed by atoms with Gasteiger partial charge in [0.1, 0.15) is 11.6 Å². The number of urea groups is 1. The number of pyridine rings is 1. The van der Waals surface area contributed by atoms with Crippen molar-refractivity contribution >= 4 is 22.8 Å². The van der Waals surface area contributed by atoms with Crippen LogP contribution in [0.4, 0.5) is 14.9 Å². The van der Waals surface area contributed by atoms with Crippen LogP contribution in [0.1, 0.15) is 36.3 Å². The van der Waals surface area contributed by atoms with E-state index in [1.54, 1.807) is 12.3 Å². The first-order valence-electron chi connectivity index (χ1n) is 10.5. The second-order valence-electron chi connectivity index (χ2n) is 7.51. The van der Waals surface area contributed by atoms with Crippen LogP contribution < -0.4 is 16.0 Å². The number of nitrogens with one attached hydrogen (secondary N) is 3. The molecule has 0 fully saturated rings. The average molecular weight is 435 g/mol. The molecule has 0 unspecified atom stereocenters. The van der Waals surface area contributed by atoms with Crippen molar-refractivity contribution in [3.05, 3.63) is 47.3 Å². The van der Waals surface area contributed by atoms with E-state index < -0.39 is 11.8 Å². The zero-order valence-corrected chi connectivity index (χ0v) is 18.6. The fourth-order valence-corrected chi connectivity index (χ4v) is 3.37. The van der Waals surface area contributed by atoms with Gasteiger partial charge < -0.3 is 16.0 Å². The third-order valence-corrected chi connectivity index (χ3v) is 5.10. The first-order valence-corrected chi connectivity index (χ1v) is 10.5. The van der Waals surface area contributed by atoms with Gasteiger partial charge in [-0.2, -0.15) is 0 Å². The van der Waals surface area contributed by atoms with E-state index in [4.69, 9.17) is 6.42 Å². The maximum atomic E-state index is 14.3. The Morgan fingerprint density at radius 1 is 1.16 bits per heavy atom. The SMILES string of the molecule is C#CCCCCNCc1ncc2cc(-c3cc(NC(=O)NC)c(F)cc3C)c(C)nc2n1. The van der Waals surface area contributed by atoms with E-state index in [1.165, 1.54) is 13.1 Å². The lowest BCUT2D eigenvalue weighted by Crippen LogP contribution is -2.25. The Bertz CT molecular complexity index is 1170. The standard InChI is InChI=1S/C24H27FN6O/c1-5-6-7-8-9-27-14-22-28-13-17-11-19(16(3)29-23(17)31-22)18-12-21(30-24(32)26-4)20(25)10-15(18)2/h1,10-13,27H,6-9,14H2,2-4H3,(H2,26,30,32). The van der Waals surface area contributed by atoms with E-state index in [1.807, 2.05) is 19.9 Å². The van der Waals surface area contributed by atoms with Crippen molar-refractivity contribution in [2.75, 3.05) is 18.9 Å². The van der Waals surface area contributed by atoms with Crippen molar-refractivity contribution in [3.63, 3.8) is 0 Å². The molecule has 8 heteroatoms. The summed E-state index contributed by atoms with van der Waals surface area (Å²) in [4.78, 5) is 25.3. The smallest absolute Gasteiger partial charge is 0.319 e. The maximum absolute atomic E-state index is 14.3. The summed E-state index contributed by atoms with van der Waals surface area (Å²) in [6, 6.07) is 4.48. The van der Waals surface area contributed by atoms with E-state index >= 15 is 0 Å². The van der Waals surface area contributed by atoms with Gasteiger partial charge in [0, 0.05) is 36.3 Å². The summed E-state index contributed by atoms with van der Waals surface area (Å²) in [5.41, 5.74) is 3.81. The number of amides is 2. The molecule has 3 rings (SSSR count). The Hall–Kier alpha value is -3.57. The van der Waals surface area contributed by atoms with Crippen molar-refractivity contribution in [1.82, 2.24) is 25.6 Å². The first kappa shape index (κ1) is 23.1. The molecule has 2 aromatic heterocycles. The van der Waals surface area contributed by atoms with Crippen LogP contribution in [-0.4, -0.2) is 34.6 Å². The molecule has 3 aromatic rings. The highest BCUT2D eigenvalue weighted by atomic mass is 19.1. The van der Waals surface area contributed by atoms with Gasteiger partial charge in [0.2, 0.25) is 0 Å². The lowest BCUT2D eigenvalue weighted by molar-refractivity contribution is 0.254. The Kier molecular flexibility index (Phi) is 7.68. The number of benzene rings is 1. The van der Waals surface area contributed by atoms with E-state index in [-0.39, 0.29) is 5.69 Å². The number of terminal acetylenes is 1. The number of fused-ring (bicyclic) bond motifs is 1. The van der Waals surface area contributed by atoms with Gasteiger partial charge in [0.05, 0.1) is 12.2 Å². The molecule has 3 N–H and O–H groups in total. The van der Waals surface area contributed by atoms with Crippen LogP contribution in [0.25, 0.3) is 22.2 Å². The summed E-state index contributed by atoms with van der Waals surface area (Å²) < 4.78 is 14.3. The summed E-state index contributed by atoms with van der Waals surface area (Å²) >= 11 is 0. The number of unbranched alkanes of at least 4 members (excludes halogenated alkanes) is 2. The second-order valence-corrected chi connectivity index (χ2v) is 7.51. The Labute approximate surface area is 187 Å². The molecule has 0 bridgehead atoms. The minimum absolute atomic E-state index is 0.101. The van der Waals surface area contributed by atoms with Gasteiger partial charge in [-0.25, -0.2) is 24.1 Å². The highest BCUT2D eigenvalue weighted by molar-refractivity contribution is 5.91. The monoisotopic (exact) mass is 434 g/mol. The maximum Gasteiger partial charge on any atom is 0.319 e. The molecule has 7 nitrogen and oxygen atoms in total. The molecule has 0 radical (unpaired) electrons. The minimum atomic E-state index is -0.499. The fourth-order valence-electron chi connectivity index (χ4n) is 3.37. The van der Waals surface area contributed by atoms with Gasteiger partial charge in [-0.1, -0.05) is 0 Å². The van der Waals surface area contributed by atoms with Crippen LogP contribution >= 0.6 is 0 Å². The number of aryl methyl sites for hydroxylation is 2. The lowest BCUT2D eigenvalue weighted by Gasteiger charge is -2.14. The van der Waals surface area contributed by atoms with Gasteiger partial charge in [-0.05, 0) is 62.6 Å². The number of rotatable bonds is 8. The predicted octanol–water partition coefficient (Wildman–Crippen LogP) is 4.09. The zero-order chi connectivity index (χ0) is 23.1. The predicted molar refractivity (Wildman–Crippen MR) is 125 cm³/mol. The number of carbonyl (C=O) groups is 1. The van der Waals surface area contributed by atoms with Gasteiger partial charge >= 0.3 is 6.03 Å². The Balaban J connectivity index is 1.84. The van der Waals surface area contributed by atoms with E-state index in [0.717, 1.165) is 53.6 Å². The number of hydrogen-bond donors (Lipinski definition) is 3. The van der Waals surface area contributed by atoms with Crippen LogP contribution in [0.15, 0.2) is 24.4 Å². The van der Waals surface area contributed by atoms with Crippen LogP contribution in [0, 0.1) is 32.0 Å². The average Bonchev–Trinajstić information content (AvgIpc) is 2.77. The zero-order valence-electron chi connectivity index (χ0n) is 18.6. The number of hydrogen-bond acceptors (Lipinski definition) is 5. The molecule has 0 aliphatic rings. The Morgan fingerprint density at radius 3 is 2.72 bits per heavy atom. The van der Waals surface area contributed by atoms with Crippen LogP contribution in [0.5, 0.6) is 0 Å². The van der Waals surface area contributed by atoms with Gasteiger partial charge in [0.15, 0.2) is 5.65 Å².